The van der Waals surface area contributed by atoms with Crippen LogP contribution in [-0.2, 0) is 10.2 Å². The average Bonchev–Trinajstić information content (AvgIpc) is 2.48. The first kappa shape index (κ1) is 18.0. The maximum atomic E-state index is 13.0. The SMILES string of the molecule is Cc1ccc(C(C)(CC(F)(F)F)C(=O)Nc2ccc(F)cc2)cc1. The van der Waals surface area contributed by atoms with E-state index in [1.165, 1.54) is 31.2 Å². The quantitative estimate of drug-likeness (QED) is 0.782. The van der Waals surface area contributed by atoms with E-state index in [0.29, 0.717) is 0 Å². The predicted molar refractivity (Wildman–Crippen MR) is 84.2 cm³/mol. The van der Waals surface area contributed by atoms with E-state index in [-0.39, 0.29) is 11.3 Å². The number of carbonyl (C=O) groups is 1. The Morgan fingerprint density at radius 3 is 2.04 bits per heavy atom. The zero-order chi connectivity index (χ0) is 18.0. The van der Waals surface area contributed by atoms with Crippen molar-refractivity contribution in [3.05, 3.63) is 65.5 Å². The zero-order valence-corrected chi connectivity index (χ0v) is 13.2. The molecule has 2 aromatic rings. The third-order valence-electron chi connectivity index (χ3n) is 3.85. The lowest BCUT2D eigenvalue weighted by Gasteiger charge is -2.30. The van der Waals surface area contributed by atoms with E-state index >= 15 is 0 Å². The summed E-state index contributed by atoms with van der Waals surface area (Å²) in [6.07, 6.45) is -5.81. The van der Waals surface area contributed by atoms with Crippen molar-refractivity contribution in [3.63, 3.8) is 0 Å². The van der Waals surface area contributed by atoms with Crippen LogP contribution in [0.1, 0.15) is 24.5 Å². The van der Waals surface area contributed by atoms with Crippen molar-refractivity contribution in [1.82, 2.24) is 0 Å². The highest BCUT2D eigenvalue weighted by atomic mass is 19.4. The van der Waals surface area contributed by atoms with Crippen LogP contribution in [0.3, 0.4) is 0 Å². The Labute approximate surface area is 137 Å². The first-order chi connectivity index (χ1) is 11.1. The third-order valence-corrected chi connectivity index (χ3v) is 3.85. The van der Waals surface area contributed by atoms with E-state index in [2.05, 4.69) is 5.32 Å². The fourth-order valence-corrected chi connectivity index (χ4v) is 2.44. The summed E-state index contributed by atoms with van der Waals surface area (Å²) < 4.78 is 52.0. The van der Waals surface area contributed by atoms with Crippen molar-refractivity contribution in [2.24, 2.45) is 0 Å². The molecule has 0 saturated heterocycles. The van der Waals surface area contributed by atoms with Gasteiger partial charge in [0.25, 0.3) is 0 Å². The number of halogens is 4. The van der Waals surface area contributed by atoms with Gasteiger partial charge < -0.3 is 5.32 Å². The van der Waals surface area contributed by atoms with Crippen molar-refractivity contribution in [2.75, 3.05) is 5.32 Å². The molecule has 1 unspecified atom stereocenters. The van der Waals surface area contributed by atoms with E-state index < -0.39 is 29.7 Å². The minimum atomic E-state index is -4.51. The summed E-state index contributed by atoms with van der Waals surface area (Å²) in [5.74, 6) is -1.29. The summed E-state index contributed by atoms with van der Waals surface area (Å²) in [6.45, 7) is 3.06. The number of alkyl halides is 3. The van der Waals surface area contributed by atoms with Crippen LogP contribution in [0.15, 0.2) is 48.5 Å². The molecule has 24 heavy (non-hydrogen) atoms. The maximum absolute atomic E-state index is 13.0. The van der Waals surface area contributed by atoms with Crippen molar-refractivity contribution < 1.29 is 22.4 Å². The fourth-order valence-electron chi connectivity index (χ4n) is 2.44. The Morgan fingerprint density at radius 2 is 1.54 bits per heavy atom. The third kappa shape index (κ3) is 4.34. The van der Waals surface area contributed by atoms with Gasteiger partial charge in [0.2, 0.25) is 5.91 Å². The molecule has 0 fully saturated rings. The molecule has 0 saturated carbocycles. The van der Waals surface area contributed by atoms with Crippen LogP contribution >= 0.6 is 0 Å². The molecule has 2 nitrogen and oxygen atoms in total. The minimum Gasteiger partial charge on any atom is -0.325 e. The first-order valence-corrected chi connectivity index (χ1v) is 7.31. The van der Waals surface area contributed by atoms with Crippen LogP contribution in [-0.4, -0.2) is 12.1 Å². The molecule has 1 amide bonds. The summed E-state index contributed by atoms with van der Waals surface area (Å²) in [4.78, 5) is 12.6. The highest BCUT2D eigenvalue weighted by Crippen LogP contribution is 2.37. The highest BCUT2D eigenvalue weighted by Gasteiger charge is 2.45. The fraction of sp³-hybridized carbons (Fsp3) is 0.278. The Hall–Kier alpha value is -2.37. The van der Waals surface area contributed by atoms with E-state index in [0.717, 1.165) is 17.7 Å². The molecule has 1 N–H and O–H groups in total. The Kier molecular flexibility index (Phi) is 4.96. The molecular formula is C18H17F4NO. The predicted octanol–water partition coefficient (Wildman–Crippen LogP) is 4.98. The molecule has 1 atom stereocenters. The second-order valence-electron chi connectivity index (χ2n) is 5.95. The normalized spacial score (nSPS) is 14.1. The highest BCUT2D eigenvalue weighted by molar-refractivity contribution is 5.99. The molecule has 2 rings (SSSR count). The second kappa shape index (κ2) is 6.63. The number of carbonyl (C=O) groups excluding carboxylic acids is 1. The van der Waals surface area contributed by atoms with Gasteiger partial charge in [0.1, 0.15) is 5.82 Å². The molecule has 0 radical (unpaired) electrons. The molecule has 2 aromatic carbocycles. The first-order valence-electron chi connectivity index (χ1n) is 7.31. The van der Waals surface area contributed by atoms with E-state index in [9.17, 15) is 22.4 Å². The monoisotopic (exact) mass is 339 g/mol. The Bertz CT molecular complexity index is 707. The largest absolute Gasteiger partial charge is 0.390 e. The van der Waals surface area contributed by atoms with Gasteiger partial charge in [-0.1, -0.05) is 29.8 Å². The number of hydrogen-bond donors (Lipinski definition) is 1. The van der Waals surface area contributed by atoms with Crippen LogP contribution in [0, 0.1) is 12.7 Å². The summed E-state index contributed by atoms with van der Waals surface area (Å²) in [5.41, 5.74) is -0.403. The summed E-state index contributed by atoms with van der Waals surface area (Å²) in [7, 11) is 0. The van der Waals surface area contributed by atoms with Gasteiger partial charge in [0.15, 0.2) is 0 Å². The van der Waals surface area contributed by atoms with E-state index in [4.69, 9.17) is 0 Å². The summed E-state index contributed by atoms with van der Waals surface area (Å²) >= 11 is 0. The summed E-state index contributed by atoms with van der Waals surface area (Å²) in [6, 6.07) is 11.2. The molecule has 0 aliphatic carbocycles. The van der Waals surface area contributed by atoms with Gasteiger partial charge in [-0.25, -0.2) is 4.39 Å². The molecule has 0 spiro atoms. The lowest BCUT2D eigenvalue weighted by Crippen LogP contribution is -2.41. The molecule has 0 aliphatic rings. The standard InChI is InChI=1S/C18H17F4NO/c1-12-3-5-13(6-4-12)17(2,11-18(20,21)22)16(24)23-15-9-7-14(19)8-10-15/h3-10H,11H2,1-2H3,(H,23,24). The smallest absolute Gasteiger partial charge is 0.325 e. The van der Waals surface area contributed by atoms with Crippen LogP contribution in [0.5, 0.6) is 0 Å². The van der Waals surface area contributed by atoms with Crippen molar-refractivity contribution in [2.45, 2.75) is 31.9 Å². The van der Waals surface area contributed by atoms with Crippen molar-refractivity contribution >= 4 is 11.6 Å². The second-order valence-corrected chi connectivity index (χ2v) is 5.95. The lowest BCUT2D eigenvalue weighted by molar-refractivity contribution is -0.155. The minimum absolute atomic E-state index is 0.238. The number of anilines is 1. The molecule has 6 heteroatoms. The van der Waals surface area contributed by atoms with Gasteiger partial charge in [-0.3, -0.25) is 4.79 Å². The van der Waals surface area contributed by atoms with Gasteiger partial charge >= 0.3 is 6.18 Å². The van der Waals surface area contributed by atoms with Crippen molar-refractivity contribution in [1.29, 1.82) is 0 Å². The van der Waals surface area contributed by atoms with Crippen LogP contribution < -0.4 is 5.32 Å². The van der Waals surface area contributed by atoms with Crippen LogP contribution in [0.25, 0.3) is 0 Å². The molecule has 128 valence electrons. The van der Waals surface area contributed by atoms with Gasteiger partial charge in [-0.15, -0.1) is 0 Å². The molecule has 0 aromatic heterocycles. The van der Waals surface area contributed by atoms with E-state index in [1.54, 1.807) is 12.1 Å². The lowest BCUT2D eigenvalue weighted by atomic mass is 9.78. The number of hydrogen-bond acceptors (Lipinski definition) is 1. The number of nitrogens with one attached hydrogen (secondary N) is 1. The maximum Gasteiger partial charge on any atom is 0.390 e. The van der Waals surface area contributed by atoms with Gasteiger partial charge in [0, 0.05) is 5.69 Å². The van der Waals surface area contributed by atoms with Crippen LogP contribution in [0.4, 0.5) is 23.2 Å². The molecular weight excluding hydrogens is 322 g/mol. The van der Waals surface area contributed by atoms with Gasteiger partial charge in [0.05, 0.1) is 11.8 Å². The number of aryl methyl sites for hydroxylation is 1. The Balaban J connectivity index is 2.35. The number of benzene rings is 2. The van der Waals surface area contributed by atoms with E-state index in [1.807, 2.05) is 6.92 Å². The molecule has 0 heterocycles. The summed E-state index contributed by atoms with van der Waals surface area (Å²) in [5, 5.41) is 2.44. The molecule has 0 bridgehead atoms. The zero-order valence-electron chi connectivity index (χ0n) is 13.2. The van der Waals surface area contributed by atoms with Gasteiger partial charge in [-0.05, 0) is 43.7 Å². The number of amides is 1. The molecule has 0 aliphatic heterocycles. The topological polar surface area (TPSA) is 29.1 Å². The van der Waals surface area contributed by atoms with Crippen LogP contribution in [0.2, 0.25) is 0 Å². The van der Waals surface area contributed by atoms with Gasteiger partial charge in [-0.2, -0.15) is 13.2 Å². The Morgan fingerprint density at radius 1 is 1.00 bits per heavy atom. The average molecular weight is 339 g/mol. The number of rotatable bonds is 4. The van der Waals surface area contributed by atoms with Crippen molar-refractivity contribution in [3.8, 4) is 0 Å².